The number of H-pyrrole nitrogens is 1. The van der Waals surface area contributed by atoms with Crippen LogP contribution in [0.4, 0.5) is 11.5 Å². The van der Waals surface area contributed by atoms with Crippen molar-refractivity contribution in [3.63, 3.8) is 0 Å². The molecule has 0 spiro atoms. The van der Waals surface area contributed by atoms with Crippen molar-refractivity contribution in [3.8, 4) is 0 Å². The molecule has 0 unspecified atom stereocenters. The Bertz CT molecular complexity index is 836. The van der Waals surface area contributed by atoms with Crippen LogP contribution in [0.5, 0.6) is 0 Å². The van der Waals surface area contributed by atoms with Gasteiger partial charge in [0.15, 0.2) is 0 Å². The van der Waals surface area contributed by atoms with Crippen LogP contribution in [0.2, 0.25) is 19.6 Å². The molecule has 0 amide bonds. The number of aromatic amines is 1. The highest BCUT2D eigenvalue weighted by molar-refractivity contribution is 14.1. The zero-order valence-corrected chi connectivity index (χ0v) is 22.7. The Kier molecular flexibility index (Phi) is 11.0. The number of aryl methyl sites for hydroxylation is 2. The third-order valence-electron chi connectivity index (χ3n) is 3.79. The number of rotatable bonds is 7. The minimum Gasteiger partial charge on any atom is -0.342 e. The topological polar surface area (TPSA) is 66.9 Å². The number of halogens is 2. The first-order valence-electron chi connectivity index (χ1n) is 9.50. The predicted octanol–water partition coefficient (Wildman–Crippen LogP) is 5.62. The minimum absolute atomic E-state index is 0.271. The molecule has 2 rings (SSSR count). The van der Waals surface area contributed by atoms with E-state index in [-0.39, 0.29) is 11.2 Å². The van der Waals surface area contributed by atoms with Gasteiger partial charge in [0.1, 0.15) is 11.4 Å². The second-order valence-corrected chi connectivity index (χ2v) is 22.5. The van der Waals surface area contributed by atoms with Crippen LogP contribution in [0.15, 0.2) is 33.9 Å². The van der Waals surface area contributed by atoms with Crippen molar-refractivity contribution in [2.24, 2.45) is 0 Å². The quantitative estimate of drug-likeness (QED) is 0.138. The van der Waals surface area contributed by atoms with Gasteiger partial charge in [-0.15, -0.1) is 21.8 Å². The number of nitrogens with zero attached hydrogens (tertiary/aromatic N) is 1. The van der Waals surface area contributed by atoms with E-state index in [1.54, 1.807) is 0 Å². The van der Waals surface area contributed by atoms with Gasteiger partial charge < -0.3 is 5.32 Å². The first kappa shape index (κ1) is 25.4. The summed E-state index contributed by atoms with van der Waals surface area (Å²) in [5.41, 5.74) is 2.06. The molecule has 156 valence electrons. The number of unbranched alkanes of at least 4 members (excludes halogenated alkanes) is 1. The molecule has 2 aromatic rings. The maximum absolute atomic E-state index is 12.1. The van der Waals surface area contributed by atoms with E-state index in [2.05, 4.69) is 88.2 Å². The third-order valence-corrected chi connectivity index (χ3v) is 4.56. The molecule has 0 saturated carbocycles. The standard InChI is InChI=1S/C17H22IN3O2.C3H9ISi/c1-3-13-10-14(7-6-12(13)2)19-15-11-16(22)21(17(23)20-15)9-5-4-8-18;1-5(2,3)4/h6-7,10-11,19H,3-5,8-9H2,1-2H3,(H,20,23);1-3H3. The molecule has 5 nitrogen and oxygen atoms in total. The molecule has 1 heterocycles. The summed E-state index contributed by atoms with van der Waals surface area (Å²) in [5.74, 6) is 0.427. The van der Waals surface area contributed by atoms with E-state index in [1.807, 2.05) is 18.2 Å². The Morgan fingerprint density at radius 3 is 2.32 bits per heavy atom. The van der Waals surface area contributed by atoms with Crippen LogP contribution in [0.1, 0.15) is 30.9 Å². The van der Waals surface area contributed by atoms with Crippen molar-refractivity contribution in [1.82, 2.24) is 9.55 Å². The van der Waals surface area contributed by atoms with Gasteiger partial charge in [-0.25, -0.2) is 4.79 Å². The van der Waals surface area contributed by atoms with E-state index in [0.717, 1.165) is 29.4 Å². The van der Waals surface area contributed by atoms with Crippen LogP contribution in [-0.4, -0.2) is 19.5 Å². The Hall–Kier alpha value is -0.623. The van der Waals surface area contributed by atoms with Crippen LogP contribution in [0.3, 0.4) is 0 Å². The molecular formula is C20H31I2N3O2Si. The molecule has 1 aromatic heterocycles. The van der Waals surface area contributed by atoms with Crippen LogP contribution < -0.4 is 16.6 Å². The lowest BCUT2D eigenvalue weighted by Crippen LogP contribution is -2.35. The summed E-state index contributed by atoms with van der Waals surface area (Å²) in [6.07, 6.45) is 2.77. The number of alkyl halides is 1. The van der Waals surface area contributed by atoms with Gasteiger partial charge in [-0.2, -0.15) is 0 Å². The normalized spacial score (nSPS) is 11.0. The predicted molar refractivity (Wildman–Crippen MR) is 141 cm³/mol. The van der Waals surface area contributed by atoms with Crippen molar-refractivity contribution in [1.29, 1.82) is 0 Å². The zero-order valence-electron chi connectivity index (χ0n) is 17.4. The number of nitrogens with one attached hydrogen (secondary N) is 2. The van der Waals surface area contributed by atoms with E-state index in [0.29, 0.717) is 12.4 Å². The summed E-state index contributed by atoms with van der Waals surface area (Å²) in [6.45, 7) is 11.6. The number of hydrogen-bond donors (Lipinski definition) is 2. The lowest BCUT2D eigenvalue weighted by Gasteiger charge is -2.11. The molecule has 8 heteroatoms. The molecule has 0 fully saturated rings. The highest BCUT2D eigenvalue weighted by Crippen LogP contribution is 2.18. The number of hydrogen-bond acceptors (Lipinski definition) is 3. The fourth-order valence-electron chi connectivity index (χ4n) is 2.45. The van der Waals surface area contributed by atoms with Crippen LogP contribution >= 0.6 is 44.4 Å². The molecule has 28 heavy (non-hydrogen) atoms. The molecule has 0 aliphatic carbocycles. The van der Waals surface area contributed by atoms with E-state index >= 15 is 0 Å². The lowest BCUT2D eigenvalue weighted by atomic mass is 10.1. The summed E-state index contributed by atoms with van der Waals surface area (Å²) in [4.78, 5) is 27.0. The second kappa shape index (κ2) is 12.2. The average molecular weight is 627 g/mol. The molecule has 0 atom stereocenters. The van der Waals surface area contributed by atoms with Gasteiger partial charge in [0, 0.05) is 18.3 Å². The Morgan fingerprint density at radius 1 is 1.14 bits per heavy atom. The van der Waals surface area contributed by atoms with E-state index in [4.69, 9.17) is 0 Å². The highest BCUT2D eigenvalue weighted by atomic mass is 127. The summed E-state index contributed by atoms with van der Waals surface area (Å²) in [6, 6.07) is 7.46. The fraction of sp³-hybridized carbons (Fsp3) is 0.500. The molecule has 0 aliphatic rings. The van der Waals surface area contributed by atoms with Crippen molar-refractivity contribution in [2.45, 2.75) is 59.3 Å². The van der Waals surface area contributed by atoms with Crippen molar-refractivity contribution in [3.05, 3.63) is 56.2 Å². The van der Waals surface area contributed by atoms with Gasteiger partial charge in [0.05, 0.1) is 0 Å². The maximum Gasteiger partial charge on any atom is 0.329 e. The summed E-state index contributed by atoms with van der Waals surface area (Å²) >= 11 is 4.81. The molecule has 0 saturated heterocycles. The number of aromatic nitrogens is 2. The Balaban J connectivity index is 0.000000696. The smallest absolute Gasteiger partial charge is 0.329 e. The average Bonchev–Trinajstić information content (AvgIpc) is 2.57. The first-order chi connectivity index (χ1) is 13.0. The molecule has 0 radical (unpaired) electrons. The van der Waals surface area contributed by atoms with Crippen LogP contribution in [0.25, 0.3) is 0 Å². The molecule has 0 bridgehead atoms. The number of anilines is 2. The summed E-state index contributed by atoms with van der Waals surface area (Å²) < 4.78 is 2.28. The monoisotopic (exact) mass is 627 g/mol. The SMILES string of the molecule is CCc1cc(Nc2cc(=O)n(CCCCI)c(=O)[nH]2)ccc1C.C[Si](C)(C)I. The molecule has 0 aliphatic heterocycles. The van der Waals surface area contributed by atoms with Gasteiger partial charge in [0.25, 0.3) is 5.56 Å². The van der Waals surface area contributed by atoms with E-state index < -0.39 is 5.57 Å². The third kappa shape index (κ3) is 9.73. The van der Waals surface area contributed by atoms with Gasteiger partial charge in [-0.05, 0) is 53.9 Å². The van der Waals surface area contributed by atoms with Gasteiger partial charge >= 0.3 is 5.69 Å². The molecule has 1 aromatic carbocycles. The summed E-state index contributed by atoms with van der Waals surface area (Å²) in [7, 11) is 0. The van der Waals surface area contributed by atoms with Gasteiger partial charge in [-0.1, -0.05) is 55.2 Å². The fourth-order valence-corrected chi connectivity index (χ4v) is 2.99. The first-order valence-corrected chi connectivity index (χ1v) is 17.6. The van der Waals surface area contributed by atoms with Crippen molar-refractivity contribution >= 4 is 61.5 Å². The Labute approximate surface area is 195 Å². The second-order valence-electron chi connectivity index (χ2n) is 7.56. The highest BCUT2D eigenvalue weighted by Gasteiger charge is 2.06. The van der Waals surface area contributed by atoms with Gasteiger partial charge in [-0.3, -0.25) is 14.3 Å². The largest absolute Gasteiger partial charge is 0.342 e. The van der Waals surface area contributed by atoms with Crippen molar-refractivity contribution < 1.29 is 0 Å². The van der Waals surface area contributed by atoms with Crippen LogP contribution in [0, 0.1) is 6.92 Å². The molecule has 2 N–H and O–H groups in total. The number of benzene rings is 1. The van der Waals surface area contributed by atoms with Crippen molar-refractivity contribution in [2.75, 3.05) is 9.74 Å². The van der Waals surface area contributed by atoms with E-state index in [1.165, 1.54) is 21.8 Å². The lowest BCUT2D eigenvalue weighted by molar-refractivity contribution is 0.588. The molecular weight excluding hydrogens is 596 g/mol. The maximum atomic E-state index is 12.1. The van der Waals surface area contributed by atoms with Gasteiger partial charge in [0.2, 0.25) is 0 Å². The zero-order chi connectivity index (χ0) is 21.3. The van der Waals surface area contributed by atoms with E-state index in [9.17, 15) is 9.59 Å². The summed E-state index contributed by atoms with van der Waals surface area (Å²) in [5, 5.41) is 3.11. The minimum atomic E-state index is -0.641. The Morgan fingerprint density at radius 2 is 1.79 bits per heavy atom. The van der Waals surface area contributed by atoms with Crippen LogP contribution in [-0.2, 0) is 13.0 Å².